The lowest BCUT2D eigenvalue weighted by molar-refractivity contribution is 0.236. The van der Waals surface area contributed by atoms with E-state index in [0.29, 0.717) is 6.04 Å². The van der Waals surface area contributed by atoms with Crippen LogP contribution in [0.1, 0.15) is 51.6 Å². The predicted octanol–water partition coefficient (Wildman–Crippen LogP) is 3.99. The number of hydrogen-bond acceptors (Lipinski definition) is 2. The van der Waals surface area contributed by atoms with E-state index in [1.165, 1.54) is 0 Å². The van der Waals surface area contributed by atoms with Gasteiger partial charge in [-0.3, -0.25) is 0 Å². The molecule has 0 radical (unpaired) electrons. The summed E-state index contributed by atoms with van der Waals surface area (Å²) in [5.41, 5.74) is 0.790. The van der Waals surface area contributed by atoms with Crippen molar-refractivity contribution in [2.45, 2.75) is 52.1 Å². The lowest BCUT2D eigenvalue weighted by Crippen LogP contribution is -2.33. The van der Waals surface area contributed by atoms with Crippen LogP contribution in [0.15, 0.2) is 24.3 Å². The van der Waals surface area contributed by atoms with Crippen LogP contribution in [0.2, 0.25) is 0 Å². The summed E-state index contributed by atoms with van der Waals surface area (Å²) < 4.78 is 14.0. The summed E-state index contributed by atoms with van der Waals surface area (Å²) in [5.74, 6) is -0.104. The molecule has 0 amide bonds. The first-order valence-electron chi connectivity index (χ1n) is 7.78. The second kappa shape index (κ2) is 9.09. The van der Waals surface area contributed by atoms with E-state index in [1.807, 2.05) is 12.1 Å². The van der Waals surface area contributed by atoms with Crippen LogP contribution in [-0.4, -0.2) is 31.1 Å². The summed E-state index contributed by atoms with van der Waals surface area (Å²) in [4.78, 5) is 2.35. The van der Waals surface area contributed by atoms with Crippen molar-refractivity contribution >= 4 is 0 Å². The van der Waals surface area contributed by atoms with E-state index in [-0.39, 0.29) is 11.9 Å². The summed E-state index contributed by atoms with van der Waals surface area (Å²) in [6.07, 6.45) is 3.14. The molecule has 0 heterocycles. The molecule has 0 saturated heterocycles. The van der Waals surface area contributed by atoms with Gasteiger partial charge in [-0.25, -0.2) is 4.39 Å². The van der Waals surface area contributed by atoms with E-state index in [2.05, 4.69) is 38.0 Å². The minimum absolute atomic E-state index is 0.0997. The van der Waals surface area contributed by atoms with Crippen molar-refractivity contribution in [2.24, 2.45) is 0 Å². The van der Waals surface area contributed by atoms with Gasteiger partial charge in [0.15, 0.2) is 0 Å². The molecule has 3 heteroatoms. The van der Waals surface area contributed by atoms with E-state index in [4.69, 9.17) is 0 Å². The van der Waals surface area contributed by atoms with E-state index in [0.717, 1.165) is 37.9 Å². The second-order valence-corrected chi connectivity index (χ2v) is 5.55. The Morgan fingerprint density at radius 2 is 1.95 bits per heavy atom. The number of hydrogen-bond donors (Lipinski definition) is 1. The molecule has 0 aromatic heterocycles. The first-order chi connectivity index (χ1) is 9.60. The molecule has 2 unspecified atom stereocenters. The number of rotatable bonds is 9. The van der Waals surface area contributed by atoms with E-state index in [9.17, 15) is 4.39 Å². The average Bonchev–Trinajstić information content (AvgIpc) is 2.47. The van der Waals surface area contributed by atoms with Gasteiger partial charge in [0.05, 0.1) is 0 Å². The van der Waals surface area contributed by atoms with Gasteiger partial charge in [-0.05, 0) is 52.4 Å². The minimum atomic E-state index is -0.104. The number of halogens is 1. The Morgan fingerprint density at radius 1 is 1.25 bits per heavy atom. The van der Waals surface area contributed by atoms with Crippen molar-refractivity contribution in [3.8, 4) is 0 Å². The van der Waals surface area contributed by atoms with Crippen molar-refractivity contribution < 1.29 is 4.39 Å². The van der Waals surface area contributed by atoms with Gasteiger partial charge in [0.1, 0.15) is 5.82 Å². The average molecular weight is 280 g/mol. The van der Waals surface area contributed by atoms with E-state index in [1.54, 1.807) is 12.1 Å². The molecule has 0 bridgehead atoms. The predicted molar refractivity (Wildman–Crippen MR) is 84.4 cm³/mol. The van der Waals surface area contributed by atoms with E-state index >= 15 is 0 Å². The van der Waals surface area contributed by atoms with Gasteiger partial charge in [-0.1, -0.05) is 32.0 Å². The fourth-order valence-corrected chi connectivity index (χ4v) is 2.31. The molecule has 0 aliphatic heterocycles. The quantitative estimate of drug-likeness (QED) is 0.736. The van der Waals surface area contributed by atoms with Crippen LogP contribution in [0.4, 0.5) is 4.39 Å². The molecule has 2 atom stereocenters. The molecular weight excluding hydrogens is 251 g/mol. The van der Waals surface area contributed by atoms with Gasteiger partial charge in [0, 0.05) is 17.6 Å². The summed E-state index contributed by atoms with van der Waals surface area (Å²) >= 11 is 0. The Hall–Kier alpha value is -0.930. The van der Waals surface area contributed by atoms with Crippen LogP contribution < -0.4 is 5.32 Å². The molecule has 2 nitrogen and oxygen atoms in total. The Morgan fingerprint density at radius 3 is 2.55 bits per heavy atom. The van der Waals surface area contributed by atoms with Crippen molar-refractivity contribution in [3.05, 3.63) is 35.6 Å². The van der Waals surface area contributed by atoms with Gasteiger partial charge in [0.25, 0.3) is 0 Å². The minimum Gasteiger partial charge on any atom is -0.310 e. The normalized spacial score (nSPS) is 14.5. The molecule has 20 heavy (non-hydrogen) atoms. The molecule has 0 aliphatic carbocycles. The number of benzene rings is 1. The van der Waals surface area contributed by atoms with Crippen LogP contribution in [-0.2, 0) is 0 Å². The molecule has 0 aliphatic rings. The Balaban J connectivity index is 2.68. The molecule has 0 saturated carbocycles. The largest absolute Gasteiger partial charge is 0.310 e. The third kappa shape index (κ3) is 5.22. The number of nitrogens with zero attached hydrogens (tertiary/aromatic N) is 1. The van der Waals surface area contributed by atoms with Gasteiger partial charge in [-0.15, -0.1) is 0 Å². The Bertz CT molecular complexity index is 381. The molecule has 1 aromatic rings. The second-order valence-electron chi connectivity index (χ2n) is 5.55. The smallest absolute Gasteiger partial charge is 0.127 e. The lowest BCUT2D eigenvalue weighted by atomic mass is 10.0. The maximum absolute atomic E-state index is 14.0. The van der Waals surface area contributed by atoms with Crippen molar-refractivity contribution in [1.82, 2.24) is 10.2 Å². The third-order valence-corrected chi connectivity index (χ3v) is 4.04. The van der Waals surface area contributed by atoms with Gasteiger partial charge >= 0.3 is 0 Å². The highest BCUT2D eigenvalue weighted by molar-refractivity contribution is 5.21. The zero-order valence-corrected chi connectivity index (χ0v) is 13.3. The zero-order valence-electron chi connectivity index (χ0n) is 13.3. The molecular formula is C17H29FN2. The molecule has 1 N–H and O–H groups in total. The highest BCUT2D eigenvalue weighted by Gasteiger charge is 2.16. The third-order valence-electron chi connectivity index (χ3n) is 4.04. The van der Waals surface area contributed by atoms with Gasteiger partial charge < -0.3 is 10.2 Å². The monoisotopic (exact) mass is 280 g/mol. The van der Waals surface area contributed by atoms with Crippen LogP contribution in [0.3, 0.4) is 0 Å². The van der Waals surface area contributed by atoms with E-state index < -0.39 is 0 Å². The zero-order chi connectivity index (χ0) is 15.0. The van der Waals surface area contributed by atoms with Crippen LogP contribution >= 0.6 is 0 Å². The van der Waals surface area contributed by atoms with Crippen molar-refractivity contribution in [2.75, 3.05) is 20.1 Å². The van der Waals surface area contributed by atoms with Gasteiger partial charge in [-0.2, -0.15) is 0 Å². The maximum atomic E-state index is 14.0. The number of nitrogens with one attached hydrogen (secondary N) is 1. The summed E-state index contributed by atoms with van der Waals surface area (Å²) in [7, 11) is 2.15. The molecule has 114 valence electrons. The van der Waals surface area contributed by atoms with Crippen LogP contribution in [0.25, 0.3) is 0 Å². The highest BCUT2D eigenvalue weighted by atomic mass is 19.1. The van der Waals surface area contributed by atoms with Crippen LogP contribution in [0.5, 0.6) is 0 Å². The van der Waals surface area contributed by atoms with Crippen molar-refractivity contribution in [3.63, 3.8) is 0 Å². The lowest BCUT2D eigenvalue weighted by Gasteiger charge is -2.27. The molecule has 1 aromatic carbocycles. The Kier molecular flexibility index (Phi) is 7.78. The molecule has 0 spiro atoms. The fourth-order valence-electron chi connectivity index (χ4n) is 2.31. The summed E-state index contributed by atoms with van der Waals surface area (Å²) in [6, 6.07) is 7.78. The topological polar surface area (TPSA) is 15.3 Å². The molecule has 1 rings (SSSR count). The maximum Gasteiger partial charge on any atom is 0.127 e. The highest BCUT2D eigenvalue weighted by Crippen LogP contribution is 2.20. The first-order valence-corrected chi connectivity index (χ1v) is 7.78. The fraction of sp³-hybridized carbons (Fsp3) is 0.647. The Labute approximate surface area is 123 Å². The van der Waals surface area contributed by atoms with Crippen LogP contribution in [0, 0.1) is 5.82 Å². The first kappa shape index (κ1) is 17.1. The van der Waals surface area contributed by atoms with Crippen molar-refractivity contribution in [1.29, 1.82) is 0 Å². The summed E-state index contributed by atoms with van der Waals surface area (Å²) in [6.45, 7) is 8.47. The van der Waals surface area contributed by atoms with Gasteiger partial charge in [0.2, 0.25) is 0 Å². The SMILES string of the molecule is CCCNC(CCN(C)C(C)CC)c1ccccc1F. The summed E-state index contributed by atoms with van der Waals surface area (Å²) in [5, 5.41) is 3.47. The standard InChI is InChI=1S/C17H29FN2/c1-5-12-19-17(11-13-20(4)14(3)6-2)15-9-7-8-10-16(15)18/h7-10,14,17,19H,5-6,11-13H2,1-4H3. The molecule has 0 fully saturated rings.